The van der Waals surface area contributed by atoms with E-state index in [0.29, 0.717) is 0 Å². The summed E-state index contributed by atoms with van der Waals surface area (Å²) in [6.07, 6.45) is 2.88. The van der Waals surface area contributed by atoms with Crippen LogP contribution in [0.4, 0.5) is 0 Å². The van der Waals surface area contributed by atoms with Crippen LogP contribution in [-0.2, 0) is 6.42 Å². The van der Waals surface area contributed by atoms with E-state index in [0.717, 1.165) is 22.4 Å². The van der Waals surface area contributed by atoms with Crippen molar-refractivity contribution < 1.29 is 0 Å². The van der Waals surface area contributed by atoms with E-state index in [2.05, 4.69) is 50.6 Å². The number of imidazole rings is 1. The minimum absolute atomic E-state index is 0.128. The minimum Gasteiger partial charge on any atom is -0.328 e. The maximum Gasteiger partial charge on any atom is 0.132 e. The Balaban J connectivity index is 2.59. The molecular weight excluding hydrogens is 254 g/mol. The number of nitrogens with two attached hydrogens (primary N) is 1. The lowest BCUT2D eigenvalue weighted by molar-refractivity contribution is 0.699. The first-order valence-corrected chi connectivity index (χ1v) is 5.76. The molecule has 0 amide bonds. The van der Waals surface area contributed by atoms with Gasteiger partial charge < -0.3 is 10.1 Å². The van der Waals surface area contributed by atoms with Gasteiger partial charge in [-0.2, -0.15) is 0 Å². The van der Waals surface area contributed by atoms with E-state index in [-0.39, 0.29) is 6.04 Å². The van der Waals surface area contributed by atoms with Crippen molar-refractivity contribution in [2.75, 3.05) is 0 Å². The number of halogens is 1. The molecule has 0 aliphatic carbocycles. The number of hydrogen-bond donors (Lipinski definition) is 1. The minimum atomic E-state index is 0.128. The van der Waals surface area contributed by atoms with Crippen molar-refractivity contribution in [1.82, 2.24) is 9.38 Å². The molecule has 2 aromatic rings. The zero-order valence-corrected chi connectivity index (χ0v) is 10.5. The molecule has 0 spiro atoms. The maximum absolute atomic E-state index is 5.79. The molecule has 0 aliphatic rings. The summed E-state index contributed by atoms with van der Waals surface area (Å²) in [7, 11) is 0. The number of rotatable bonds is 2. The smallest absolute Gasteiger partial charge is 0.132 e. The molecule has 0 aliphatic heterocycles. The van der Waals surface area contributed by atoms with Crippen LogP contribution in [0.2, 0.25) is 0 Å². The lowest BCUT2D eigenvalue weighted by atomic mass is 10.2. The number of pyridine rings is 1. The molecule has 4 heteroatoms. The summed E-state index contributed by atoms with van der Waals surface area (Å²) < 4.78 is 2.99. The van der Waals surface area contributed by atoms with Gasteiger partial charge in [-0.3, -0.25) is 0 Å². The summed E-state index contributed by atoms with van der Waals surface area (Å²) in [6, 6.07) is 4.28. The first-order valence-electron chi connectivity index (χ1n) is 4.96. The Kier molecular flexibility index (Phi) is 2.80. The first kappa shape index (κ1) is 10.6. The summed E-state index contributed by atoms with van der Waals surface area (Å²) in [5.74, 6) is 1.01. The molecule has 3 nitrogen and oxygen atoms in total. The zero-order valence-electron chi connectivity index (χ0n) is 8.87. The lowest BCUT2D eigenvalue weighted by Crippen LogP contribution is -2.19. The molecule has 2 heterocycles. The molecule has 2 N–H and O–H groups in total. The van der Waals surface area contributed by atoms with Gasteiger partial charge in [0.2, 0.25) is 0 Å². The van der Waals surface area contributed by atoms with Crippen LogP contribution in [0.15, 0.2) is 22.9 Å². The van der Waals surface area contributed by atoms with Crippen LogP contribution in [0.1, 0.15) is 18.3 Å². The molecule has 2 rings (SSSR count). The van der Waals surface area contributed by atoms with Gasteiger partial charge in [-0.05, 0) is 41.4 Å². The quantitative estimate of drug-likeness (QED) is 0.908. The van der Waals surface area contributed by atoms with Crippen LogP contribution in [0.3, 0.4) is 0 Å². The third-order valence-corrected chi connectivity index (χ3v) is 2.90. The van der Waals surface area contributed by atoms with Gasteiger partial charge in [0.25, 0.3) is 0 Å². The molecule has 1 atom stereocenters. The van der Waals surface area contributed by atoms with E-state index < -0.39 is 0 Å². The predicted octanol–water partition coefficient (Wildman–Crippen LogP) is 2.29. The molecule has 0 radical (unpaired) electrons. The largest absolute Gasteiger partial charge is 0.328 e. The molecule has 0 saturated heterocycles. The van der Waals surface area contributed by atoms with Gasteiger partial charge in [-0.15, -0.1) is 0 Å². The second kappa shape index (κ2) is 3.94. The number of nitrogens with zero attached hydrogens (tertiary/aromatic N) is 2. The van der Waals surface area contributed by atoms with Gasteiger partial charge in [-0.25, -0.2) is 4.98 Å². The monoisotopic (exact) mass is 267 g/mol. The summed E-state index contributed by atoms with van der Waals surface area (Å²) >= 11 is 3.46. The second-order valence-corrected chi connectivity index (χ2v) is 4.71. The van der Waals surface area contributed by atoms with E-state index in [1.807, 2.05) is 6.92 Å². The molecule has 15 heavy (non-hydrogen) atoms. The van der Waals surface area contributed by atoms with Crippen molar-refractivity contribution in [3.63, 3.8) is 0 Å². The molecule has 2 aromatic heterocycles. The summed E-state index contributed by atoms with van der Waals surface area (Å²) in [5, 5.41) is 0. The molecule has 0 aromatic carbocycles. The molecule has 0 fully saturated rings. The third kappa shape index (κ3) is 2.06. The Morgan fingerprint density at radius 1 is 1.53 bits per heavy atom. The van der Waals surface area contributed by atoms with Gasteiger partial charge in [0, 0.05) is 18.7 Å². The van der Waals surface area contributed by atoms with Crippen LogP contribution in [0, 0.1) is 6.92 Å². The Bertz CT molecular complexity index is 488. The SMILES string of the molecule is Cc1ccc2c(Br)nc(CC(C)N)n2c1. The predicted molar refractivity (Wildman–Crippen MR) is 65.0 cm³/mol. The van der Waals surface area contributed by atoms with E-state index in [1.54, 1.807) is 0 Å². The van der Waals surface area contributed by atoms with Crippen LogP contribution in [0.25, 0.3) is 5.52 Å². The number of hydrogen-bond acceptors (Lipinski definition) is 2. The highest BCUT2D eigenvalue weighted by Crippen LogP contribution is 2.20. The average molecular weight is 268 g/mol. The molecule has 0 saturated carbocycles. The van der Waals surface area contributed by atoms with Crippen LogP contribution < -0.4 is 5.73 Å². The van der Waals surface area contributed by atoms with Crippen LogP contribution >= 0.6 is 15.9 Å². The standard InChI is InChI=1S/C11H14BrN3/c1-7-3-4-9-11(12)14-10(5-8(2)13)15(9)6-7/h3-4,6,8H,5,13H2,1-2H3. The number of aryl methyl sites for hydroxylation is 1. The zero-order chi connectivity index (χ0) is 11.0. The number of fused-ring (bicyclic) bond motifs is 1. The van der Waals surface area contributed by atoms with E-state index in [4.69, 9.17) is 5.73 Å². The van der Waals surface area contributed by atoms with Crippen molar-refractivity contribution in [2.45, 2.75) is 26.3 Å². The highest BCUT2D eigenvalue weighted by molar-refractivity contribution is 9.10. The van der Waals surface area contributed by atoms with Gasteiger partial charge in [0.1, 0.15) is 10.4 Å². The first-order chi connectivity index (χ1) is 7.08. The van der Waals surface area contributed by atoms with E-state index in [9.17, 15) is 0 Å². The Morgan fingerprint density at radius 3 is 2.93 bits per heavy atom. The van der Waals surface area contributed by atoms with Crippen molar-refractivity contribution in [3.8, 4) is 0 Å². The number of aromatic nitrogens is 2. The molecule has 0 bridgehead atoms. The molecule has 1 unspecified atom stereocenters. The van der Waals surface area contributed by atoms with Crippen molar-refractivity contribution in [3.05, 3.63) is 34.3 Å². The average Bonchev–Trinajstić information content (AvgIpc) is 2.42. The molecular formula is C11H14BrN3. The summed E-state index contributed by atoms with van der Waals surface area (Å²) in [6.45, 7) is 4.06. The van der Waals surface area contributed by atoms with Gasteiger partial charge in [0.05, 0.1) is 5.52 Å². The van der Waals surface area contributed by atoms with E-state index in [1.165, 1.54) is 5.56 Å². The van der Waals surface area contributed by atoms with Gasteiger partial charge in [0.15, 0.2) is 0 Å². The highest BCUT2D eigenvalue weighted by Gasteiger charge is 2.10. The van der Waals surface area contributed by atoms with Crippen molar-refractivity contribution in [2.24, 2.45) is 5.73 Å². The Labute approximate surface area is 97.4 Å². The fourth-order valence-electron chi connectivity index (χ4n) is 1.65. The highest BCUT2D eigenvalue weighted by atomic mass is 79.9. The van der Waals surface area contributed by atoms with Crippen LogP contribution in [0.5, 0.6) is 0 Å². The fourth-order valence-corrected chi connectivity index (χ4v) is 2.17. The summed E-state index contributed by atoms with van der Waals surface area (Å²) in [4.78, 5) is 4.47. The Hall–Kier alpha value is -0.870. The second-order valence-electron chi connectivity index (χ2n) is 3.96. The Morgan fingerprint density at radius 2 is 2.27 bits per heavy atom. The van der Waals surface area contributed by atoms with Crippen molar-refractivity contribution in [1.29, 1.82) is 0 Å². The van der Waals surface area contributed by atoms with Crippen molar-refractivity contribution >= 4 is 21.4 Å². The van der Waals surface area contributed by atoms with Crippen LogP contribution in [-0.4, -0.2) is 15.4 Å². The fraction of sp³-hybridized carbons (Fsp3) is 0.364. The van der Waals surface area contributed by atoms with Gasteiger partial charge in [-0.1, -0.05) is 6.07 Å². The molecule has 80 valence electrons. The summed E-state index contributed by atoms with van der Waals surface area (Å²) in [5.41, 5.74) is 8.11. The lowest BCUT2D eigenvalue weighted by Gasteiger charge is -2.04. The third-order valence-electron chi connectivity index (χ3n) is 2.32. The normalized spacial score (nSPS) is 13.3. The maximum atomic E-state index is 5.79. The van der Waals surface area contributed by atoms with E-state index >= 15 is 0 Å². The topological polar surface area (TPSA) is 43.3 Å². The van der Waals surface area contributed by atoms with Gasteiger partial charge >= 0.3 is 0 Å².